The fraction of sp³-hybridized carbons (Fsp3) is 0.286. The second-order valence-corrected chi connectivity index (χ2v) is 4.64. The molecule has 2 heterocycles. The van der Waals surface area contributed by atoms with E-state index in [2.05, 4.69) is 14.6 Å². The first kappa shape index (κ1) is 12.7. The smallest absolute Gasteiger partial charge is 0.146 e. The SMILES string of the molecule is COCCn1c(-c2cnn(C)c2N)nc2ccccc21. The van der Waals surface area contributed by atoms with E-state index in [1.54, 1.807) is 18.0 Å². The lowest BCUT2D eigenvalue weighted by Gasteiger charge is -2.08. The number of ether oxygens (including phenoxy) is 1. The lowest BCUT2D eigenvalue weighted by Crippen LogP contribution is -2.07. The standard InChI is InChI=1S/C14H17N5O/c1-18-13(15)10(9-16-18)14-17-11-5-3-4-6-12(11)19(14)7-8-20-2/h3-6,9H,7-8,15H2,1-2H3. The minimum Gasteiger partial charge on any atom is -0.383 e. The van der Waals surface area contributed by atoms with Crippen molar-refractivity contribution in [2.75, 3.05) is 19.5 Å². The van der Waals surface area contributed by atoms with Crippen LogP contribution in [0, 0.1) is 0 Å². The zero-order chi connectivity index (χ0) is 14.1. The molecule has 1 aromatic carbocycles. The molecule has 0 spiro atoms. The fourth-order valence-electron chi connectivity index (χ4n) is 2.31. The van der Waals surface area contributed by atoms with E-state index in [-0.39, 0.29) is 0 Å². The number of hydrogen-bond donors (Lipinski definition) is 1. The van der Waals surface area contributed by atoms with Gasteiger partial charge >= 0.3 is 0 Å². The summed E-state index contributed by atoms with van der Waals surface area (Å²) >= 11 is 0. The number of benzene rings is 1. The van der Waals surface area contributed by atoms with Gasteiger partial charge in [0.25, 0.3) is 0 Å². The van der Waals surface area contributed by atoms with Crippen molar-refractivity contribution in [2.24, 2.45) is 7.05 Å². The Morgan fingerprint density at radius 3 is 2.80 bits per heavy atom. The summed E-state index contributed by atoms with van der Waals surface area (Å²) in [7, 11) is 3.51. The quantitative estimate of drug-likeness (QED) is 0.783. The number of nitrogens with two attached hydrogens (primary N) is 1. The van der Waals surface area contributed by atoms with Gasteiger partial charge in [0.1, 0.15) is 11.6 Å². The molecule has 0 atom stereocenters. The molecule has 2 N–H and O–H groups in total. The number of aryl methyl sites for hydroxylation is 1. The molecule has 2 aromatic heterocycles. The largest absolute Gasteiger partial charge is 0.383 e. The van der Waals surface area contributed by atoms with Crippen LogP contribution in [0.1, 0.15) is 0 Å². The molecule has 0 unspecified atom stereocenters. The predicted octanol–water partition coefficient (Wildman–Crippen LogP) is 1.67. The highest BCUT2D eigenvalue weighted by atomic mass is 16.5. The lowest BCUT2D eigenvalue weighted by molar-refractivity contribution is 0.188. The van der Waals surface area contributed by atoms with E-state index >= 15 is 0 Å². The van der Waals surface area contributed by atoms with Crippen molar-refractivity contribution in [2.45, 2.75) is 6.54 Å². The number of fused-ring (bicyclic) bond motifs is 1. The molecule has 6 heteroatoms. The molecule has 6 nitrogen and oxygen atoms in total. The highest BCUT2D eigenvalue weighted by Crippen LogP contribution is 2.28. The van der Waals surface area contributed by atoms with E-state index in [4.69, 9.17) is 10.5 Å². The molecular weight excluding hydrogens is 254 g/mol. The van der Waals surface area contributed by atoms with E-state index in [0.717, 1.165) is 29.0 Å². The zero-order valence-electron chi connectivity index (χ0n) is 11.6. The van der Waals surface area contributed by atoms with Crippen LogP contribution in [0.2, 0.25) is 0 Å². The maximum atomic E-state index is 6.07. The Balaban J connectivity index is 2.20. The maximum Gasteiger partial charge on any atom is 0.146 e. The molecule has 0 bridgehead atoms. The summed E-state index contributed by atoms with van der Waals surface area (Å²) in [5.41, 5.74) is 8.94. The van der Waals surface area contributed by atoms with Crippen LogP contribution in [-0.2, 0) is 18.3 Å². The Hall–Kier alpha value is -2.34. The first-order valence-corrected chi connectivity index (χ1v) is 6.44. The van der Waals surface area contributed by atoms with Crippen LogP contribution in [0.5, 0.6) is 0 Å². The highest BCUT2D eigenvalue weighted by Gasteiger charge is 2.16. The molecule has 0 radical (unpaired) electrons. The van der Waals surface area contributed by atoms with Crippen LogP contribution in [0.3, 0.4) is 0 Å². The number of methoxy groups -OCH3 is 1. The van der Waals surface area contributed by atoms with Crippen molar-refractivity contribution in [1.29, 1.82) is 0 Å². The van der Waals surface area contributed by atoms with Crippen molar-refractivity contribution >= 4 is 16.9 Å². The molecule has 0 aliphatic carbocycles. The molecular formula is C14H17N5O. The van der Waals surface area contributed by atoms with Gasteiger partial charge in [0, 0.05) is 20.7 Å². The van der Waals surface area contributed by atoms with Gasteiger partial charge in [0.05, 0.1) is 29.4 Å². The molecule has 3 rings (SSSR count). The van der Waals surface area contributed by atoms with Gasteiger partial charge < -0.3 is 15.0 Å². The Morgan fingerprint density at radius 1 is 1.30 bits per heavy atom. The van der Waals surface area contributed by atoms with Gasteiger partial charge in [0.15, 0.2) is 0 Å². The Labute approximate surface area is 116 Å². The Bertz CT molecular complexity index is 743. The van der Waals surface area contributed by atoms with Crippen LogP contribution >= 0.6 is 0 Å². The van der Waals surface area contributed by atoms with Crippen molar-refractivity contribution in [3.8, 4) is 11.4 Å². The average molecular weight is 271 g/mol. The van der Waals surface area contributed by atoms with Crippen LogP contribution in [0.4, 0.5) is 5.82 Å². The highest BCUT2D eigenvalue weighted by molar-refractivity contribution is 5.82. The van der Waals surface area contributed by atoms with Gasteiger partial charge in [-0.25, -0.2) is 4.98 Å². The fourth-order valence-corrected chi connectivity index (χ4v) is 2.31. The third-order valence-corrected chi connectivity index (χ3v) is 3.40. The number of aromatic nitrogens is 4. The van der Waals surface area contributed by atoms with Crippen LogP contribution in [-0.4, -0.2) is 33.0 Å². The Kier molecular flexibility index (Phi) is 3.15. The van der Waals surface area contributed by atoms with Gasteiger partial charge in [-0.05, 0) is 12.1 Å². The molecule has 0 fully saturated rings. The topological polar surface area (TPSA) is 70.9 Å². The Morgan fingerprint density at radius 2 is 2.10 bits per heavy atom. The van der Waals surface area contributed by atoms with Gasteiger partial charge in [-0.2, -0.15) is 5.10 Å². The molecule has 3 aromatic rings. The van der Waals surface area contributed by atoms with E-state index < -0.39 is 0 Å². The van der Waals surface area contributed by atoms with Crippen LogP contribution in [0.15, 0.2) is 30.5 Å². The van der Waals surface area contributed by atoms with Crippen molar-refractivity contribution in [1.82, 2.24) is 19.3 Å². The summed E-state index contributed by atoms with van der Waals surface area (Å²) in [5, 5.41) is 4.19. The number of para-hydroxylation sites is 2. The number of hydrogen-bond acceptors (Lipinski definition) is 4. The van der Waals surface area contributed by atoms with Crippen molar-refractivity contribution < 1.29 is 4.74 Å². The minimum absolute atomic E-state index is 0.610. The third kappa shape index (κ3) is 1.94. The van der Waals surface area contributed by atoms with Crippen molar-refractivity contribution in [3.63, 3.8) is 0 Å². The van der Waals surface area contributed by atoms with E-state index in [9.17, 15) is 0 Å². The minimum atomic E-state index is 0.610. The monoisotopic (exact) mass is 271 g/mol. The number of anilines is 1. The number of rotatable bonds is 4. The molecule has 0 saturated carbocycles. The summed E-state index contributed by atoms with van der Waals surface area (Å²) in [6.45, 7) is 1.34. The molecule has 20 heavy (non-hydrogen) atoms. The van der Waals surface area contributed by atoms with Gasteiger partial charge in [-0.15, -0.1) is 0 Å². The molecule has 0 amide bonds. The van der Waals surface area contributed by atoms with Crippen LogP contribution < -0.4 is 5.73 Å². The number of nitrogens with zero attached hydrogens (tertiary/aromatic N) is 4. The van der Waals surface area contributed by atoms with Gasteiger partial charge in [-0.3, -0.25) is 4.68 Å². The summed E-state index contributed by atoms with van der Waals surface area (Å²) in [4.78, 5) is 4.68. The van der Waals surface area contributed by atoms with E-state index in [1.165, 1.54) is 0 Å². The van der Waals surface area contributed by atoms with Gasteiger partial charge in [0.2, 0.25) is 0 Å². The third-order valence-electron chi connectivity index (χ3n) is 3.40. The molecule has 0 aliphatic heterocycles. The maximum absolute atomic E-state index is 6.07. The second kappa shape index (κ2) is 4.97. The molecule has 104 valence electrons. The van der Waals surface area contributed by atoms with E-state index in [0.29, 0.717) is 12.4 Å². The van der Waals surface area contributed by atoms with E-state index in [1.807, 2.05) is 31.3 Å². The summed E-state index contributed by atoms with van der Waals surface area (Å²) in [5.74, 6) is 1.44. The summed E-state index contributed by atoms with van der Waals surface area (Å²) in [6.07, 6.45) is 1.75. The first-order chi connectivity index (χ1) is 9.72. The number of imidazole rings is 1. The zero-order valence-corrected chi connectivity index (χ0v) is 11.6. The number of nitrogen functional groups attached to an aromatic ring is 1. The first-order valence-electron chi connectivity index (χ1n) is 6.44. The second-order valence-electron chi connectivity index (χ2n) is 4.64. The normalized spacial score (nSPS) is 11.3. The predicted molar refractivity (Wildman–Crippen MR) is 78.2 cm³/mol. The summed E-state index contributed by atoms with van der Waals surface area (Å²) in [6, 6.07) is 8.03. The lowest BCUT2D eigenvalue weighted by atomic mass is 10.3. The molecule has 0 saturated heterocycles. The van der Waals surface area contributed by atoms with Crippen LogP contribution in [0.25, 0.3) is 22.4 Å². The van der Waals surface area contributed by atoms with Gasteiger partial charge in [-0.1, -0.05) is 12.1 Å². The van der Waals surface area contributed by atoms with Crippen molar-refractivity contribution in [3.05, 3.63) is 30.5 Å². The average Bonchev–Trinajstić information content (AvgIpc) is 2.98. The summed E-state index contributed by atoms with van der Waals surface area (Å²) < 4.78 is 8.96. The molecule has 0 aliphatic rings.